The second-order valence-corrected chi connectivity index (χ2v) is 7.68. The number of nitrogens with zero attached hydrogens (tertiary/aromatic N) is 5. The first-order chi connectivity index (χ1) is 15.8. The Morgan fingerprint density at radius 2 is 1.85 bits per heavy atom. The summed E-state index contributed by atoms with van der Waals surface area (Å²) >= 11 is 0. The lowest BCUT2D eigenvalue weighted by molar-refractivity contribution is -0.141. The Bertz CT molecular complexity index is 1270. The Balaban J connectivity index is 1.46. The third-order valence-electron chi connectivity index (χ3n) is 5.83. The number of rotatable bonds is 3. The van der Waals surface area contributed by atoms with Crippen molar-refractivity contribution in [1.29, 1.82) is 0 Å². The number of ether oxygens (including phenoxy) is 1. The molecule has 2 aromatic heterocycles. The zero-order chi connectivity index (χ0) is 23.3. The number of hydrogen-bond acceptors (Lipinski definition) is 6. The minimum absolute atomic E-state index is 0.154. The van der Waals surface area contributed by atoms with Gasteiger partial charge in [-0.2, -0.15) is 13.2 Å². The molecule has 2 aliphatic heterocycles. The average molecular weight is 457 g/mol. The number of amides is 3. The Hall–Kier alpha value is -3.89. The van der Waals surface area contributed by atoms with Crippen molar-refractivity contribution >= 4 is 34.3 Å². The molecular formula is C22H18F3N5O3. The van der Waals surface area contributed by atoms with Crippen molar-refractivity contribution in [3.05, 3.63) is 54.4 Å². The molecule has 2 saturated heterocycles. The van der Waals surface area contributed by atoms with Gasteiger partial charge in [0.05, 0.1) is 18.3 Å². The normalized spacial score (nSPS) is 18.8. The summed E-state index contributed by atoms with van der Waals surface area (Å²) in [5.74, 6) is 0.425. The molecule has 1 aromatic carbocycles. The van der Waals surface area contributed by atoms with Crippen LogP contribution in [0.2, 0.25) is 0 Å². The predicted molar refractivity (Wildman–Crippen MR) is 113 cm³/mol. The first kappa shape index (κ1) is 21.0. The van der Waals surface area contributed by atoms with Crippen molar-refractivity contribution in [2.45, 2.75) is 12.2 Å². The molecule has 3 amide bonds. The Morgan fingerprint density at radius 1 is 1.06 bits per heavy atom. The van der Waals surface area contributed by atoms with Gasteiger partial charge >= 0.3 is 12.2 Å². The second kappa shape index (κ2) is 7.61. The lowest BCUT2D eigenvalue weighted by Crippen LogP contribution is -2.53. The highest BCUT2D eigenvalue weighted by molar-refractivity contribution is 6.22. The SMILES string of the molecule is COc1ccccc1N1C(=O)C2CN(c3nccc4nc(C(F)(F)F)ccc34)CCN2C1=O. The number of carbonyl (C=O) groups excluding carboxylic acids is 2. The summed E-state index contributed by atoms with van der Waals surface area (Å²) in [5, 5.41) is 0.442. The lowest BCUT2D eigenvalue weighted by atomic mass is 10.1. The van der Waals surface area contributed by atoms with E-state index < -0.39 is 29.9 Å². The van der Waals surface area contributed by atoms with Gasteiger partial charge in [0.25, 0.3) is 5.91 Å². The largest absolute Gasteiger partial charge is 0.495 e. The van der Waals surface area contributed by atoms with E-state index in [-0.39, 0.29) is 18.6 Å². The highest BCUT2D eigenvalue weighted by Gasteiger charge is 2.49. The summed E-state index contributed by atoms with van der Waals surface area (Å²) in [5.41, 5.74) is -0.467. The van der Waals surface area contributed by atoms with E-state index in [1.54, 1.807) is 29.2 Å². The molecule has 0 radical (unpaired) electrons. The molecule has 1 unspecified atom stereocenters. The van der Waals surface area contributed by atoms with Crippen LogP contribution in [0.5, 0.6) is 5.75 Å². The quantitative estimate of drug-likeness (QED) is 0.562. The first-order valence-corrected chi connectivity index (χ1v) is 10.1. The number of benzene rings is 1. The Labute approximate surface area is 186 Å². The maximum absolute atomic E-state index is 13.2. The van der Waals surface area contributed by atoms with Gasteiger partial charge in [-0.25, -0.2) is 19.7 Å². The summed E-state index contributed by atoms with van der Waals surface area (Å²) in [6.07, 6.45) is -3.16. The third kappa shape index (κ3) is 3.40. The molecule has 8 nitrogen and oxygen atoms in total. The second-order valence-electron chi connectivity index (χ2n) is 7.68. The number of halogens is 3. The van der Waals surface area contributed by atoms with E-state index in [2.05, 4.69) is 9.97 Å². The van der Waals surface area contributed by atoms with Gasteiger partial charge in [-0.1, -0.05) is 12.1 Å². The standard InChI is InChI=1S/C22H18F3N5O3/c1-33-17-5-3-2-4-15(17)30-20(31)16-12-28(10-11-29(16)21(30)32)19-13-6-7-18(22(23,24)25)27-14(13)8-9-26-19/h2-9,16H,10-12H2,1H3. The maximum atomic E-state index is 13.2. The van der Waals surface area contributed by atoms with E-state index in [9.17, 15) is 22.8 Å². The van der Waals surface area contributed by atoms with Gasteiger partial charge in [-0.05, 0) is 30.3 Å². The molecule has 0 bridgehead atoms. The van der Waals surface area contributed by atoms with Crippen molar-refractivity contribution < 1.29 is 27.5 Å². The van der Waals surface area contributed by atoms with Crippen molar-refractivity contribution in [2.24, 2.45) is 0 Å². The molecule has 5 rings (SSSR count). The summed E-state index contributed by atoms with van der Waals surface area (Å²) in [6.45, 7) is 0.777. The van der Waals surface area contributed by atoms with Crippen molar-refractivity contribution in [1.82, 2.24) is 14.9 Å². The number of aromatic nitrogens is 2. The van der Waals surface area contributed by atoms with Gasteiger partial charge in [0.15, 0.2) is 0 Å². The Morgan fingerprint density at radius 3 is 2.61 bits per heavy atom. The van der Waals surface area contributed by atoms with E-state index in [1.807, 2.05) is 0 Å². The van der Waals surface area contributed by atoms with E-state index >= 15 is 0 Å². The van der Waals surface area contributed by atoms with Gasteiger partial charge in [-0.3, -0.25) is 4.79 Å². The van der Waals surface area contributed by atoms with Crippen molar-refractivity contribution in [3.63, 3.8) is 0 Å². The molecule has 2 aliphatic rings. The molecule has 1 atom stereocenters. The monoisotopic (exact) mass is 457 g/mol. The summed E-state index contributed by atoms with van der Waals surface area (Å²) < 4.78 is 44.5. The molecule has 4 heterocycles. The van der Waals surface area contributed by atoms with Crippen LogP contribution in [-0.2, 0) is 11.0 Å². The minimum atomic E-state index is -4.55. The molecular weight excluding hydrogens is 439 g/mol. The van der Waals surface area contributed by atoms with E-state index in [0.717, 1.165) is 11.0 Å². The first-order valence-electron chi connectivity index (χ1n) is 10.1. The van der Waals surface area contributed by atoms with Crippen molar-refractivity contribution in [3.8, 4) is 5.75 Å². The molecule has 3 aromatic rings. The van der Waals surface area contributed by atoms with Crippen LogP contribution in [0.3, 0.4) is 0 Å². The summed E-state index contributed by atoms with van der Waals surface area (Å²) in [7, 11) is 1.46. The van der Waals surface area contributed by atoms with Crippen molar-refractivity contribution in [2.75, 3.05) is 36.5 Å². The molecule has 0 spiro atoms. The topological polar surface area (TPSA) is 78.9 Å². The molecule has 0 aliphatic carbocycles. The highest BCUT2D eigenvalue weighted by atomic mass is 19.4. The number of fused-ring (bicyclic) bond motifs is 2. The fourth-order valence-corrected chi connectivity index (χ4v) is 4.27. The average Bonchev–Trinajstić information content (AvgIpc) is 3.07. The molecule has 0 saturated carbocycles. The number of urea groups is 1. The smallest absolute Gasteiger partial charge is 0.433 e. The third-order valence-corrected chi connectivity index (χ3v) is 5.83. The van der Waals surface area contributed by atoms with Crippen LogP contribution in [0, 0.1) is 0 Å². The highest BCUT2D eigenvalue weighted by Crippen LogP contribution is 2.36. The van der Waals surface area contributed by atoms with Crippen LogP contribution < -0.4 is 14.5 Å². The number of alkyl halides is 3. The molecule has 0 N–H and O–H groups in total. The number of para-hydroxylation sites is 2. The van der Waals surface area contributed by atoms with Crippen LogP contribution in [-0.4, -0.2) is 59.6 Å². The number of imide groups is 1. The predicted octanol–water partition coefficient (Wildman–Crippen LogP) is 3.31. The van der Waals surface area contributed by atoms with Crippen LogP contribution in [0.15, 0.2) is 48.7 Å². The van der Waals surface area contributed by atoms with Gasteiger partial charge in [-0.15, -0.1) is 0 Å². The minimum Gasteiger partial charge on any atom is -0.495 e. The fourth-order valence-electron chi connectivity index (χ4n) is 4.27. The van der Waals surface area contributed by atoms with Crippen LogP contribution in [0.4, 0.5) is 29.5 Å². The van der Waals surface area contributed by atoms with E-state index in [1.165, 1.54) is 30.3 Å². The van der Waals surface area contributed by atoms with Crippen LogP contribution in [0.25, 0.3) is 10.9 Å². The van der Waals surface area contributed by atoms with Gasteiger partial charge in [0, 0.05) is 31.2 Å². The zero-order valence-corrected chi connectivity index (χ0v) is 17.4. The number of pyridine rings is 2. The van der Waals surface area contributed by atoms with E-state index in [0.29, 0.717) is 29.2 Å². The van der Waals surface area contributed by atoms with E-state index in [4.69, 9.17) is 4.74 Å². The molecule has 11 heteroatoms. The number of piperazine rings is 1. The maximum Gasteiger partial charge on any atom is 0.433 e. The van der Waals surface area contributed by atoms with Gasteiger partial charge in [0.2, 0.25) is 0 Å². The Kier molecular flexibility index (Phi) is 4.84. The van der Waals surface area contributed by atoms with Gasteiger partial charge in [0.1, 0.15) is 23.3 Å². The molecule has 170 valence electrons. The number of anilines is 2. The fraction of sp³-hybridized carbons (Fsp3) is 0.273. The van der Waals surface area contributed by atoms with Crippen LogP contribution >= 0.6 is 0 Å². The summed E-state index contributed by atoms with van der Waals surface area (Å²) in [4.78, 5) is 38.7. The van der Waals surface area contributed by atoms with Crippen LogP contribution in [0.1, 0.15) is 5.69 Å². The zero-order valence-electron chi connectivity index (χ0n) is 17.4. The van der Waals surface area contributed by atoms with Gasteiger partial charge < -0.3 is 14.5 Å². The number of hydrogen-bond donors (Lipinski definition) is 0. The summed E-state index contributed by atoms with van der Waals surface area (Å²) in [6, 6.07) is 9.24. The molecule has 2 fully saturated rings. The molecule has 33 heavy (non-hydrogen) atoms. The number of carbonyl (C=O) groups is 2. The lowest BCUT2D eigenvalue weighted by Gasteiger charge is -2.36. The number of methoxy groups -OCH3 is 1.